The Bertz CT molecular complexity index is 1440. The maximum absolute atomic E-state index is 13.8. The van der Waals surface area contributed by atoms with E-state index in [0.29, 0.717) is 0 Å². The molecule has 2 aromatic heterocycles. The zero-order chi connectivity index (χ0) is 22.0. The minimum Gasteiger partial charge on any atom is -0.512 e. The first-order valence-electron chi connectivity index (χ1n) is 9.69. The third-order valence-corrected chi connectivity index (χ3v) is 5.85. The summed E-state index contributed by atoms with van der Waals surface area (Å²) in [7, 11) is 0. The standard InChI is InChI=1S/C21H11FNS.C5H8O2.Ir/c22-14-10-11-17-16(12-14)21-19(15-8-4-5-9-18(15)24-21)20(23-17)13-6-2-1-3-7-13;1-4(6)3-5(2)7;/h1-6,8-12H;3,6H,1-2H3;/q-1;;/b;4-3-;. The van der Waals surface area contributed by atoms with Crippen molar-refractivity contribution in [2.24, 2.45) is 0 Å². The van der Waals surface area contributed by atoms with Gasteiger partial charge in [0.2, 0.25) is 0 Å². The molecule has 1 radical (unpaired) electrons. The van der Waals surface area contributed by atoms with Gasteiger partial charge in [0.1, 0.15) is 5.82 Å². The average Bonchev–Trinajstić information content (AvgIpc) is 3.13. The zero-order valence-electron chi connectivity index (χ0n) is 17.4. The Morgan fingerprint density at radius 3 is 2.47 bits per heavy atom. The van der Waals surface area contributed by atoms with Crippen LogP contribution in [0.5, 0.6) is 0 Å². The number of aliphatic hydroxyl groups is 1. The molecular weight excluding hydrogens is 602 g/mol. The van der Waals surface area contributed by atoms with E-state index in [9.17, 15) is 9.18 Å². The molecule has 0 saturated carbocycles. The number of thiophene rings is 1. The molecule has 0 bridgehead atoms. The minimum absolute atomic E-state index is 0. The topological polar surface area (TPSA) is 50.2 Å². The van der Waals surface area contributed by atoms with Crippen LogP contribution in [0, 0.1) is 11.9 Å². The van der Waals surface area contributed by atoms with E-state index in [1.54, 1.807) is 23.5 Å². The second-order valence-electron chi connectivity index (χ2n) is 7.10. The van der Waals surface area contributed by atoms with E-state index in [1.165, 1.54) is 30.7 Å². The third kappa shape index (κ3) is 4.94. The minimum atomic E-state index is -0.234. The summed E-state index contributed by atoms with van der Waals surface area (Å²) in [6.07, 6.45) is 1.17. The predicted octanol–water partition coefficient (Wildman–Crippen LogP) is 7.24. The van der Waals surface area contributed by atoms with Gasteiger partial charge in [0.05, 0.1) is 11.3 Å². The van der Waals surface area contributed by atoms with Crippen molar-refractivity contribution >= 4 is 48.2 Å². The number of rotatable bonds is 2. The van der Waals surface area contributed by atoms with Crippen molar-refractivity contribution in [1.82, 2.24) is 4.98 Å². The Labute approximate surface area is 202 Å². The number of hydrogen-bond acceptors (Lipinski definition) is 4. The molecule has 0 aliphatic carbocycles. The van der Waals surface area contributed by atoms with Crippen molar-refractivity contribution in [1.29, 1.82) is 0 Å². The van der Waals surface area contributed by atoms with Crippen LogP contribution in [0.4, 0.5) is 4.39 Å². The zero-order valence-corrected chi connectivity index (χ0v) is 20.6. The largest absolute Gasteiger partial charge is 0.512 e. The molecule has 163 valence electrons. The number of halogens is 1. The van der Waals surface area contributed by atoms with Crippen LogP contribution >= 0.6 is 11.3 Å². The van der Waals surface area contributed by atoms with E-state index in [-0.39, 0.29) is 37.5 Å². The molecule has 3 aromatic carbocycles. The molecule has 1 N–H and O–H groups in total. The molecule has 32 heavy (non-hydrogen) atoms. The van der Waals surface area contributed by atoms with Crippen LogP contribution in [0.25, 0.3) is 42.3 Å². The van der Waals surface area contributed by atoms with Crippen LogP contribution in [-0.4, -0.2) is 15.9 Å². The normalized spacial score (nSPS) is 11.2. The molecule has 0 aliphatic rings. The van der Waals surface area contributed by atoms with Gasteiger partial charge in [0.25, 0.3) is 0 Å². The van der Waals surface area contributed by atoms with Crippen LogP contribution in [0.2, 0.25) is 0 Å². The van der Waals surface area contributed by atoms with E-state index in [0.717, 1.165) is 37.6 Å². The first-order chi connectivity index (χ1) is 14.9. The maximum Gasteiger partial charge on any atom is 0.155 e. The molecular formula is C26H19FIrNO2S-. The van der Waals surface area contributed by atoms with Gasteiger partial charge in [-0.2, -0.15) is 0 Å². The SMILES string of the molecule is CC(=O)/C=C(/C)O.Fc1ccc2nc(-c3[c-]cccc3)c3c4ccccc4sc3c2c1.[Ir]. The van der Waals surface area contributed by atoms with Crippen molar-refractivity contribution < 1.29 is 34.4 Å². The van der Waals surface area contributed by atoms with Crippen molar-refractivity contribution in [3.05, 3.63) is 90.4 Å². The molecule has 0 fully saturated rings. The Hall–Kier alpha value is -2.92. The summed E-state index contributed by atoms with van der Waals surface area (Å²) in [5.41, 5.74) is 2.67. The molecule has 0 saturated heterocycles. The summed E-state index contributed by atoms with van der Waals surface area (Å²) < 4.78 is 16.1. The predicted molar refractivity (Wildman–Crippen MR) is 126 cm³/mol. The van der Waals surface area contributed by atoms with Gasteiger partial charge in [-0.05, 0) is 54.6 Å². The van der Waals surface area contributed by atoms with Gasteiger partial charge in [-0.15, -0.1) is 47.2 Å². The summed E-state index contributed by atoms with van der Waals surface area (Å²) in [5, 5.41) is 11.5. The number of aliphatic hydroxyl groups excluding tert-OH is 1. The number of allylic oxidation sites excluding steroid dienone is 2. The number of nitrogens with zero attached hydrogens (tertiary/aromatic N) is 1. The number of carbonyl (C=O) groups is 1. The second-order valence-corrected chi connectivity index (χ2v) is 8.15. The van der Waals surface area contributed by atoms with Gasteiger partial charge in [0.15, 0.2) is 5.78 Å². The molecule has 2 heterocycles. The monoisotopic (exact) mass is 621 g/mol. The average molecular weight is 621 g/mol. The molecule has 0 aliphatic heterocycles. The number of aromatic nitrogens is 1. The smallest absolute Gasteiger partial charge is 0.155 e. The van der Waals surface area contributed by atoms with E-state index in [2.05, 4.69) is 18.2 Å². The molecule has 6 heteroatoms. The number of ketones is 1. The Morgan fingerprint density at radius 2 is 1.81 bits per heavy atom. The molecule has 3 nitrogen and oxygen atoms in total. The first kappa shape index (κ1) is 23.7. The second kappa shape index (κ2) is 10.1. The van der Waals surface area contributed by atoms with Gasteiger partial charge >= 0.3 is 0 Å². The first-order valence-corrected chi connectivity index (χ1v) is 10.5. The number of benzene rings is 3. The van der Waals surface area contributed by atoms with Gasteiger partial charge in [-0.3, -0.25) is 9.78 Å². The van der Waals surface area contributed by atoms with Gasteiger partial charge in [-0.25, -0.2) is 4.39 Å². The molecule has 0 amide bonds. The molecule has 5 aromatic rings. The van der Waals surface area contributed by atoms with Crippen molar-refractivity contribution in [2.75, 3.05) is 0 Å². The van der Waals surface area contributed by atoms with Crippen molar-refractivity contribution in [2.45, 2.75) is 13.8 Å². The number of hydrogen-bond donors (Lipinski definition) is 1. The number of fused-ring (bicyclic) bond motifs is 5. The van der Waals surface area contributed by atoms with Gasteiger partial charge in [0, 0.05) is 41.0 Å². The van der Waals surface area contributed by atoms with Crippen LogP contribution in [0.1, 0.15) is 13.8 Å². The van der Waals surface area contributed by atoms with E-state index < -0.39 is 0 Å². The van der Waals surface area contributed by atoms with Crippen LogP contribution in [-0.2, 0) is 24.9 Å². The fraction of sp³-hybridized carbons (Fsp3) is 0.0769. The Balaban J connectivity index is 0.000000318. The Kier molecular flexibility index (Phi) is 7.52. The van der Waals surface area contributed by atoms with Crippen LogP contribution in [0.3, 0.4) is 0 Å². The molecule has 0 spiro atoms. The summed E-state index contributed by atoms with van der Waals surface area (Å²) in [4.78, 5) is 14.9. The van der Waals surface area contributed by atoms with Gasteiger partial charge in [-0.1, -0.05) is 18.2 Å². The van der Waals surface area contributed by atoms with Crippen LogP contribution < -0.4 is 0 Å². The maximum atomic E-state index is 13.8. The molecule has 0 atom stereocenters. The van der Waals surface area contributed by atoms with Crippen molar-refractivity contribution in [3.8, 4) is 11.3 Å². The number of carbonyl (C=O) groups excluding carboxylic acids is 1. The van der Waals surface area contributed by atoms with Crippen LogP contribution in [0.15, 0.2) is 78.6 Å². The molecule has 5 rings (SSSR count). The summed E-state index contributed by atoms with van der Waals surface area (Å²) in [5.74, 6) is -0.297. The summed E-state index contributed by atoms with van der Waals surface area (Å²) >= 11 is 1.69. The summed E-state index contributed by atoms with van der Waals surface area (Å²) in [6, 6.07) is 24.2. The van der Waals surface area contributed by atoms with E-state index in [4.69, 9.17) is 10.1 Å². The summed E-state index contributed by atoms with van der Waals surface area (Å²) in [6.45, 7) is 2.85. The number of pyridine rings is 1. The quantitative estimate of drug-likeness (QED) is 0.129. The Morgan fingerprint density at radius 1 is 1.06 bits per heavy atom. The fourth-order valence-corrected chi connectivity index (χ4v) is 4.69. The van der Waals surface area contributed by atoms with Gasteiger partial charge < -0.3 is 5.11 Å². The third-order valence-electron chi connectivity index (χ3n) is 4.64. The van der Waals surface area contributed by atoms with E-state index in [1.807, 2.05) is 36.4 Å². The van der Waals surface area contributed by atoms with E-state index >= 15 is 0 Å². The molecule has 0 unspecified atom stereocenters. The fourth-order valence-electron chi connectivity index (χ4n) is 3.46. The van der Waals surface area contributed by atoms with Crippen molar-refractivity contribution in [3.63, 3.8) is 0 Å².